The molecule has 108 valence electrons. The van der Waals surface area contributed by atoms with E-state index in [1.54, 1.807) is 0 Å². The molecule has 3 nitrogen and oxygen atoms in total. The summed E-state index contributed by atoms with van der Waals surface area (Å²) >= 11 is 0. The van der Waals surface area contributed by atoms with Crippen molar-refractivity contribution >= 4 is 5.91 Å². The van der Waals surface area contributed by atoms with Gasteiger partial charge in [0.1, 0.15) is 0 Å². The van der Waals surface area contributed by atoms with Crippen molar-refractivity contribution in [3.63, 3.8) is 0 Å². The molecule has 0 fully saturated rings. The second kappa shape index (κ2) is 7.78. The first-order valence-corrected chi connectivity index (χ1v) is 7.29. The summed E-state index contributed by atoms with van der Waals surface area (Å²) in [6, 6.07) is -0.0687. The number of nitrogens with zero attached hydrogens (tertiary/aromatic N) is 1. The van der Waals surface area contributed by atoms with Gasteiger partial charge in [0.25, 0.3) is 0 Å². The molecule has 0 aromatic heterocycles. The van der Waals surface area contributed by atoms with Gasteiger partial charge >= 0.3 is 0 Å². The molecule has 0 rings (SSSR count). The van der Waals surface area contributed by atoms with Crippen molar-refractivity contribution < 1.29 is 4.79 Å². The van der Waals surface area contributed by atoms with E-state index in [1.807, 2.05) is 11.8 Å². The van der Waals surface area contributed by atoms with Gasteiger partial charge in [0.15, 0.2) is 0 Å². The fourth-order valence-corrected chi connectivity index (χ4v) is 1.89. The van der Waals surface area contributed by atoms with E-state index in [9.17, 15) is 4.79 Å². The monoisotopic (exact) mass is 256 g/mol. The molecule has 1 atom stereocenters. The number of carbonyl (C=O) groups excluding carboxylic acids is 1. The van der Waals surface area contributed by atoms with Crippen LogP contribution >= 0.6 is 0 Å². The molecule has 0 aliphatic heterocycles. The standard InChI is InChI=1S/C15H32N2O/c1-7-12(8-2)11-17(9-3)14(18)10-13(16)15(4,5)6/h12-13H,7-11,16H2,1-6H3. The van der Waals surface area contributed by atoms with Crippen LogP contribution in [0.15, 0.2) is 0 Å². The number of amides is 1. The summed E-state index contributed by atoms with van der Waals surface area (Å²) in [5, 5.41) is 0. The first kappa shape index (κ1) is 17.4. The molecule has 0 aromatic carbocycles. The van der Waals surface area contributed by atoms with Crippen molar-refractivity contribution in [3.05, 3.63) is 0 Å². The molecule has 0 radical (unpaired) electrons. The van der Waals surface area contributed by atoms with Crippen LogP contribution in [-0.4, -0.2) is 29.9 Å². The minimum absolute atomic E-state index is 0.00994. The smallest absolute Gasteiger partial charge is 0.224 e. The second-order valence-electron chi connectivity index (χ2n) is 6.29. The molecule has 0 saturated carbocycles. The zero-order chi connectivity index (χ0) is 14.3. The van der Waals surface area contributed by atoms with Gasteiger partial charge in [-0.15, -0.1) is 0 Å². The van der Waals surface area contributed by atoms with Crippen LogP contribution in [0.2, 0.25) is 0 Å². The Morgan fingerprint density at radius 1 is 1.17 bits per heavy atom. The normalized spacial score (nSPS) is 13.8. The Hall–Kier alpha value is -0.570. The predicted molar refractivity (Wildman–Crippen MR) is 78.4 cm³/mol. The minimum Gasteiger partial charge on any atom is -0.343 e. The highest BCUT2D eigenvalue weighted by atomic mass is 16.2. The highest BCUT2D eigenvalue weighted by molar-refractivity contribution is 5.76. The van der Waals surface area contributed by atoms with E-state index in [0.29, 0.717) is 12.3 Å². The Bertz CT molecular complexity index is 241. The van der Waals surface area contributed by atoms with Crippen molar-refractivity contribution in [1.29, 1.82) is 0 Å². The Morgan fingerprint density at radius 3 is 2.00 bits per heavy atom. The van der Waals surface area contributed by atoms with Gasteiger partial charge in [0.2, 0.25) is 5.91 Å². The Kier molecular flexibility index (Phi) is 7.53. The average molecular weight is 256 g/mol. The molecule has 0 saturated heterocycles. The van der Waals surface area contributed by atoms with Crippen molar-refractivity contribution in [2.75, 3.05) is 13.1 Å². The van der Waals surface area contributed by atoms with Gasteiger partial charge in [-0.1, -0.05) is 47.5 Å². The number of rotatable bonds is 7. The first-order valence-electron chi connectivity index (χ1n) is 7.29. The highest BCUT2D eigenvalue weighted by Gasteiger charge is 2.25. The van der Waals surface area contributed by atoms with Crippen molar-refractivity contribution in [2.24, 2.45) is 17.1 Å². The molecule has 2 N–H and O–H groups in total. The molecule has 0 heterocycles. The summed E-state index contributed by atoms with van der Waals surface area (Å²) in [5.74, 6) is 0.812. The zero-order valence-electron chi connectivity index (χ0n) is 13.1. The molecule has 18 heavy (non-hydrogen) atoms. The van der Waals surface area contributed by atoms with Gasteiger partial charge in [0, 0.05) is 25.6 Å². The van der Waals surface area contributed by atoms with E-state index in [2.05, 4.69) is 34.6 Å². The van der Waals surface area contributed by atoms with Crippen LogP contribution in [0.1, 0.15) is 60.8 Å². The van der Waals surface area contributed by atoms with Crippen molar-refractivity contribution in [3.8, 4) is 0 Å². The van der Waals surface area contributed by atoms with E-state index in [4.69, 9.17) is 5.73 Å². The lowest BCUT2D eigenvalue weighted by atomic mass is 9.85. The van der Waals surface area contributed by atoms with Gasteiger partial charge < -0.3 is 10.6 Å². The summed E-state index contributed by atoms with van der Waals surface area (Å²) in [5.41, 5.74) is 6.08. The van der Waals surface area contributed by atoms with E-state index in [1.165, 1.54) is 0 Å². The Balaban J connectivity index is 4.44. The third-order valence-electron chi connectivity index (χ3n) is 3.87. The third-order valence-corrected chi connectivity index (χ3v) is 3.87. The second-order valence-corrected chi connectivity index (χ2v) is 6.29. The van der Waals surface area contributed by atoms with Crippen LogP contribution in [-0.2, 0) is 4.79 Å². The third kappa shape index (κ3) is 5.85. The fourth-order valence-electron chi connectivity index (χ4n) is 1.89. The SMILES string of the molecule is CCC(CC)CN(CC)C(=O)CC(N)C(C)(C)C. The molecule has 3 heteroatoms. The molecule has 0 aromatic rings. The topological polar surface area (TPSA) is 46.3 Å². The number of carbonyl (C=O) groups is 1. The molecule has 0 bridgehead atoms. The van der Waals surface area contributed by atoms with E-state index in [0.717, 1.165) is 25.9 Å². The maximum atomic E-state index is 12.2. The summed E-state index contributed by atoms with van der Waals surface area (Å²) in [7, 11) is 0. The Labute approximate surface area is 113 Å². The average Bonchev–Trinajstić information content (AvgIpc) is 2.29. The van der Waals surface area contributed by atoms with Gasteiger partial charge in [-0.05, 0) is 18.3 Å². The van der Waals surface area contributed by atoms with E-state index < -0.39 is 0 Å². The molecule has 1 unspecified atom stereocenters. The van der Waals surface area contributed by atoms with Crippen LogP contribution in [0.4, 0.5) is 0 Å². The van der Waals surface area contributed by atoms with Crippen LogP contribution < -0.4 is 5.73 Å². The number of hydrogen-bond donors (Lipinski definition) is 1. The lowest BCUT2D eigenvalue weighted by Crippen LogP contribution is -2.43. The van der Waals surface area contributed by atoms with E-state index in [-0.39, 0.29) is 17.4 Å². The van der Waals surface area contributed by atoms with E-state index >= 15 is 0 Å². The van der Waals surface area contributed by atoms with Crippen molar-refractivity contribution in [1.82, 2.24) is 4.90 Å². The summed E-state index contributed by atoms with van der Waals surface area (Å²) < 4.78 is 0. The highest BCUT2D eigenvalue weighted by Crippen LogP contribution is 2.21. The first-order chi connectivity index (χ1) is 8.26. The molecule has 0 aliphatic rings. The Morgan fingerprint density at radius 2 is 1.67 bits per heavy atom. The minimum atomic E-state index is -0.0687. The maximum absolute atomic E-state index is 12.2. The fraction of sp³-hybridized carbons (Fsp3) is 0.933. The summed E-state index contributed by atoms with van der Waals surface area (Å²) in [6.45, 7) is 14.3. The number of nitrogens with two attached hydrogens (primary N) is 1. The van der Waals surface area contributed by atoms with Gasteiger partial charge in [-0.3, -0.25) is 4.79 Å². The number of hydrogen-bond acceptors (Lipinski definition) is 2. The van der Waals surface area contributed by atoms with Crippen LogP contribution in [0, 0.1) is 11.3 Å². The van der Waals surface area contributed by atoms with Gasteiger partial charge in [0.05, 0.1) is 0 Å². The summed E-state index contributed by atoms with van der Waals surface area (Å²) in [6.07, 6.45) is 2.72. The molecule has 0 aliphatic carbocycles. The lowest BCUT2D eigenvalue weighted by molar-refractivity contribution is -0.132. The molecular weight excluding hydrogens is 224 g/mol. The summed E-state index contributed by atoms with van der Waals surface area (Å²) in [4.78, 5) is 14.2. The largest absolute Gasteiger partial charge is 0.343 e. The molecular formula is C15H32N2O. The van der Waals surface area contributed by atoms with Gasteiger partial charge in [-0.2, -0.15) is 0 Å². The molecule has 0 spiro atoms. The quantitative estimate of drug-likeness (QED) is 0.761. The maximum Gasteiger partial charge on any atom is 0.224 e. The lowest BCUT2D eigenvalue weighted by Gasteiger charge is -2.30. The van der Waals surface area contributed by atoms with Crippen LogP contribution in [0.5, 0.6) is 0 Å². The van der Waals surface area contributed by atoms with Crippen LogP contribution in [0.25, 0.3) is 0 Å². The molecule has 1 amide bonds. The zero-order valence-corrected chi connectivity index (χ0v) is 13.1. The van der Waals surface area contributed by atoms with Gasteiger partial charge in [-0.25, -0.2) is 0 Å². The predicted octanol–water partition coefficient (Wildman–Crippen LogP) is 3.03. The van der Waals surface area contributed by atoms with Crippen molar-refractivity contribution in [2.45, 2.75) is 66.8 Å². The van der Waals surface area contributed by atoms with Crippen LogP contribution in [0.3, 0.4) is 0 Å².